The fourth-order valence-electron chi connectivity index (χ4n) is 1.44. The van der Waals surface area contributed by atoms with Crippen LogP contribution in [-0.2, 0) is 5.33 Å². The third-order valence-electron chi connectivity index (χ3n) is 2.20. The van der Waals surface area contributed by atoms with Crippen LogP contribution in [-0.4, -0.2) is 7.11 Å². The lowest BCUT2D eigenvalue weighted by Gasteiger charge is -2.05. The third-order valence-corrected chi connectivity index (χ3v) is 3.73. The predicted octanol–water partition coefficient (Wildman–Crippen LogP) is 3.39. The molecule has 74 valence electrons. The normalized spacial score (nSPS) is 10.7. The first-order valence-corrected chi connectivity index (χ1v) is 6.16. The quantitative estimate of drug-likeness (QED) is 0.671. The number of halogens is 1. The van der Waals surface area contributed by atoms with Gasteiger partial charge >= 0.3 is 0 Å². The Morgan fingerprint density at radius 2 is 2.29 bits per heavy atom. The van der Waals surface area contributed by atoms with E-state index in [2.05, 4.69) is 22.0 Å². The van der Waals surface area contributed by atoms with Gasteiger partial charge in [-0.25, -0.2) is 0 Å². The summed E-state index contributed by atoms with van der Waals surface area (Å²) in [6, 6.07) is 4.12. The molecule has 4 heteroatoms. The van der Waals surface area contributed by atoms with Crippen LogP contribution in [0, 0.1) is 0 Å². The second-order valence-electron chi connectivity index (χ2n) is 2.95. The zero-order chi connectivity index (χ0) is 10.1. The van der Waals surface area contributed by atoms with Crippen molar-refractivity contribution in [3.05, 3.63) is 23.1 Å². The lowest BCUT2D eigenvalue weighted by Crippen LogP contribution is -1.93. The van der Waals surface area contributed by atoms with E-state index < -0.39 is 0 Å². The average Bonchev–Trinajstić information content (AvgIpc) is 2.62. The number of methoxy groups -OCH3 is 1. The van der Waals surface area contributed by atoms with Gasteiger partial charge in [0.1, 0.15) is 5.75 Å². The zero-order valence-electron chi connectivity index (χ0n) is 7.71. The number of anilines is 1. The largest absolute Gasteiger partial charge is 0.495 e. The van der Waals surface area contributed by atoms with Crippen molar-refractivity contribution in [2.24, 2.45) is 0 Å². The summed E-state index contributed by atoms with van der Waals surface area (Å²) in [4.78, 5) is 0. The van der Waals surface area contributed by atoms with Crippen LogP contribution in [0.3, 0.4) is 0 Å². The van der Waals surface area contributed by atoms with Gasteiger partial charge in [0.2, 0.25) is 0 Å². The second-order valence-corrected chi connectivity index (χ2v) is 4.42. The minimum absolute atomic E-state index is 0.772. The van der Waals surface area contributed by atoms with E-state index in [1.165, 1.54) is 4.70 Å². The Hall–Kier alpha value is -0.740. The van der Waals surface area contributed by atoms with Gasteiger partial charge in [0.05, 0.1) is 12.5 Å². The highest BCUT2D eigenvalue weighted by molar-refractivity contribution is 9.08. The fourth-order valence-corrected chi connectivity index (χ4v) is 2.85. The smallest absolute Gasteiger partial charge is 0.139 e. The Balaban J connectivity index is 2.77. The van der Waals surface area contributed by atoms with E-state index in [1.807, 2.05) is 11.4 Å². The monoisotopic (exact) mass is 271 g/mol. The van der Waals surface area contributed by atoms with E-state index in [0.29, 0.717) is 0 Å². The van der Waals surface area contributed by atoms with Crippen LogP contribution >= 0.6 is 27.3 Å². The maximum absolute atomic E-state index is 6.05. The molecule has 1 aromatic carbocycles. The molecule has 0 aliphatic heterocycles. The number of nitrogens with two attached hydrogens (primary N) is 1. The molecule has 0 saturated heterocycles. The summed E-state index contributed by atoms with van der Waals surface area (Å²) in [6.07, 6.45) is 0. The van der Waals surface area contributed by atoms with E-state index in [4.69, 9.17) is 10.5 Å². The number of hydrogen-bond acceptors (Lipinski definition) is 3. The molecule has 2 aromatic rings. The summed E-state index contributed by atoms with van der Waals surface area (Å²) in [6.45, 7) is 0. The number of fused-ring (bicyclic) bond motifs is 1. The molecule has 0 bridgehead atoms. The van der Waals surface area contributed by atoms with Crippen LogP contribution in [0.4, 0.5) is 5.69 Å². The summed E-state index contributed by atoms with van der Waals surface area (Å²) in [5.41, 5.74) is 7.97. The molecule has 0 aliphatic rings. The first-order valence-electron chi connectivity index (χ1n) is 4.16. The Morgan fingerprint density at radius 1 is 1.50 bits per heavy atom. The highest BCUT2D eigenvalue weighted by atomic mass is 79.9. The van der Waals surface area contributed by atoms with Crippen LogP contribution in [0.15, 0.2) is 17.5 Å². The van der Waals surface area contributed by atoms with Crippen LogP contribution < -0.4 is 10.5 Å². The average molecular weight is 272 g/mol. The Bertz CT molecular complexity index is 466. The van der Waals surface area contributed by atoms with Crippen molar-refractivity contribution in [2.75, 3.05) is 12.8 Å². The summed E-state index contributed by atoms with van der Waals surface area (Å²) >= 11 is 5.06. The van der Waals surface area contributed by atoms with Gasteiger partial charge in [-0.3, -0.25) is 0 Å². The molecule has 1 heterocycles. The molecule has 0 spiro atoms. The second kappa shape index (κ2) is 3.79. The number of ether oxygens (including phenoxy) is 1. The predicted molar refractivity (Wildman–Crippen MR) is 65.4 cm³/mol. The van der Waals surface area contributed by atoms with Gasteiger partial charge in [-0.05, 0) is 11.6 Å². The molecule has 0 atom stereocenters. The molecular weight excluding hydrogens is 262 g/mol. The number of nitrogen functional groups attached to an aromatic ring is 1. The van der Waals surface area contributed by atoms with Crippen LogP contribution in [0.2, 0.25) is 0 Å². The number of rotatable bonds is 2. The summed E-state index contributed by atoms with van der Waals surface area (Å²) in [5, 5.41) is 3.79. The number of alkyl halides is 1. The van der Waals surface area contributed by atoms with Crippen molar-refractivity contribution in [1.82, 2.24) is 0 Å². The molecule has 2 nitrogen and oxygen atoms in total. The van der Waals surface area contributed by atoms with Crippen LogP contribution in [0.1, 0.15) is 5.56 Å². The molecular formula is C10H10BrNOS. The van der Waals surface area contributed by atoms with Gasteiger partial charge < -0.3 is 10.5 Å². The minimum Gasteiger partial charge on any atom is -0.495 e. The van der Waals surface area contributed by atoms with E-state index in [1.54, 1.807) is 18.4 Å². The Kier molecular flexibility index (Phi) is 2.65. The summed E-state index contributed by atoms with van der Waals surface area (Å²) < 4.78 is 6.43. The number of hydrogen-bond donors (Lipinski definition) is 1. The van der Waals surface area contributed by atoms with E-state index in [-0.39, 0.29) is 0 Å². The van der Waals surface area contributed by atoms with E-state index in [9.17, 15) is 0 Å². The van der Waals surface area contributed by atoms with Gasteiger partial charge in [-0.1, -0.05) is 22.0 Å². The number of benzene rings is 1. The lowest BCUT2D eigenvalue weighted by molar-refractivity contribution is 0.421. The van der Waals surface area contributed by atoms with E-state index >= 15 is 0 Å². The molecule has 1 aromatic heterocycles. The first kappa shape index (κ1) is 9.80. The van der Waals surface area contributed by atoms with Crippen LogP contribution in [0.5, 0.6) is 5.75 Å². The lowest BCUT2D eigenvalue weighted by atomic mass is 10.1. The molecule has 0 amide bonds. The topological polar surface area (TPSA) is 35.2 Å². The third kappa shape index (κ3) is 1.38. The standard InChI is InChI=1S/C10H10BrNOS/c1-13-7-5-14-8-3-2-6(4-11)10(12)9(7)8/h2-3,5H,4,12H2,1H3. The van der Waals surface area contributed by atoms with Gasteiger partial charge in [-0.15, -0.1) is 11.3 Å². The van der Waals surface area contributed by atoms with Crippen molar-refractivity contribution >= 4 is 43.0 Å². The molecule has 0 aliphatic carbocycles. The molecule has 2 rings (SSSR count). The van der Waals surface area contributed by atoms with Crippen molar-refractivity contribution in [2.45, 2.75) is 5.33 Å². The van der Waals surface area contributed by atoms with Gasteiger partial charge in [0, 0.05) is 21.1 Å². The molecule has 0 radical (unpaired) electrons. The van der Waals surface area contributed by atoms with E-state index in [0.717, 1.165) is 27.7 Å². The van der Waals surface area contributed by atoms with Gasteiger partial charge in [-0.2, -0.15) is 0 Å². The molecule has 0 unspecified atom stereocenters. The van der Waals surface area contributed by atoms with Crippen molar-refractivity contribution in [3.63, 3.8) is 0 Å². The van der Waals surface area contributed by atoms with Gasteiger partial charge in [0.15, 0.2) is 0 Å². The minimum atomic E-state index is 0.772. The Morgan fingerprint density at radius 3 is 2.93 bits per heavy atom. The first-order chi connectivity index (χ1) is 6.77. The SMILES string of the molecule is COc1csc2ccc(CBr)c(N)c12. The van der Waals surface area contributed by atoms with Gasteiger partial charge in [0.25, 0.3) is 0 Å². The molecule has 0 fully saturated rings. The fraction of sp³-hybridized carbons (Fsp3) is 0.200. The maximum Gasteiger partial charge on any atom is 0.139 e. The number of thiophene rings is 1. The highest BCUT2D eigenvalue weighted by Gasteiger charge is 2.10. The van der Waals surface area contributed by atoms with Crippen LogP contribution in [0.25, 0.3) is 10.1 Å². The maximum atomic E-state index is 6.05. The van der Waals surface area contributed by atoms with Crippen molar-refractivity contribution in [3.8, 4) is 5.75 Å². The van der Waals surface area contributed by atoms with Crippen molar-refractivity contribution in [1.29, 1.82) is 0 Å². The zero-order valence-corrected chi connectivity index (χ0v) is 10.1. The molecule has 0 saturated carbocycles. The molecule has 2 N–H and O–H groups in total. The van der Waals surface area contributed by atoms with Crippen molar-refractivity contribution < 1.29 is 4.74 Å². The highest BCUT2D eigenvalue weighted by Crippen LogP contribution is 2.38. The summed E-state index contributed by atoms with van der Waals surface area (Å²) in [5.74, 6) is 0.866. The molecule has 14 heavy (non-hydrogen) atoms. The Labute approximate surface area is 94.8 Å². The summed E-state index contributed by atoms with van der Waals surface area (Å²) in [7, 11) is 1.67.